The van der Waals surface area contributed by atoms with Crippen molar-refractivity contribution in [2.24, 2.45) is 5.41 Å². The fourth-order valence-corrected chi connectivity index (χ4v) is 5.11. The Labute approximate surface area is 168 Å². The molecule has 0 bridgehead atoms. The van der Waals surface area contributed by atoms with E-state index < -0.39 is 0 Å². The molecule has 3 aliphatic rings. The molecule has 1 aromatic carbocycles. The summed E-state index contributed by atoms with van der Waals surface area (Å²) in [6.07, 6.45) is 2.86. The number of nitrogens with zero attached hydrogens (tertiary/aromatic N) is 4. The predicted octanol–water partition coefficient (Wildman–Crippen LogP) is 2.08. The maximum Gasteiger partial charge on any atom is 0.320 e. The van der Waals surface area contributed by atoms with Gasteiger partial charge in [0.1, 0.15) is 0 Å². The molecule has 3 amide bonds. The molecule has 3 aliphatic heterocycles. The number of amides is 3. The third-order valence-corrected chi connectivity index (χ3v) is 6.95. The van der Waals surface area contributed by atoms with Gasteiger partial charge >= 0.3 is 6.03 Å². The SMILES string of the molecule is CN1CCN(C(=O)N2CCC3(CC2)CC(c2ccccc2)C(=O)N(C)C3)CC1. The Morgan fingerprint density at radius 1 is 0.929 bits per heavy atom. The molecular formula is C22H32N4O2. The summed E-state index contributed by atoms with van der Waals surface area (Å²) < 4.78 is 0. The first-order valence-corrected chi connectivity index (χ1v) is 10.5. The Balaban J connectivity index is 1.41. The Kier molecular flexibility index (Phi) is 5.32. The molecule has 3 saturated heterocycles. The molecule has 0 saturated carbocycles. The van der Waals surface area contributed by atoms with Gasteiger partial charge in [-0.1, -0.05) is 30.3 Å². The number of rotatable bonds is 1. The number of hydrogen-bond donors (Lipinski definition) is 0. The van der Waals surface area contributed by atoms with Crippen molar-refractivity contribution in [2.45, 2.75) is 25.2 Å². The largest absolute Gasteiger partial charge is 0.345 e. The zero-order chi connectivity index (χ0) is 19.7. The van der Waals surface area contributed by atoms with Gasteiger partial charge in [-0.2, -0.15) is 0 Å². The van der Waals surface area contributed by atoms with Crippen molar-refractivity contribution in [1.82, 2.24) is 19.6 Å². The molecule has 1 unspecified atom stereocenters. The van der Waals surface area contributed by atoms with Crippen LogP contribution in [0.3, 0.4) is 0 Å². The molecule has 6 heteroatoms. The minimum absolute atomic E-state index is 0.0557. The Hall–Kier alpha value is -2.08. The Morgan fingerprint density at radius 2 is 1.54 bits per heavy atom. The second-order valence-corrected chi connectivity index (χ2v) is 8.92. The van der Waals surface area contributed by atoms with Crippen LogP contribution in [0.4, 0.5) is 4.79 Å². The van der Waals surface area contributed by atoms with Crippen molar-refractivity contribution in [3.05, 3.63) is 35.9 Å². The number of hydrogen-bond acceptors (Lipinski definition) is 3. The lowest BCUT2D eigenvalue weighted by molar-refractivity contribution is -0.139. The normalized spacial score (nSPS) is 26.0. The summed E-state index contributed by atoms with van der Waals surface area (Å²) in [5, 5.41) is 0. The molecule has 3 fully saturated rings. The summed E-state index contributed by atoms with van der Waals surface area (Å²) in [6, 6.07) is 10.4. The number of benzene rings is 1. The zero-order valence-electron chi connectivity index (χ0n) is 17.1. The minimum atomic E-state index is -0.0557. The number of piperidine rings is 2. The number of urea groups is 1. The summed E-state index contributed by atoms with van der Waals surface area (Å²) in [4.78, 5) is 33.9. The molecule has 0 N–H and O–H groups in total. The molecule has 1 aromatic rings. The highest BCUT2D eigenvalue weighted by molar-refractivity contribution is 5.84. The van der Waals surface area contributed by atoms with E-state index in [-0.39, 0.29) is 23.3 Å². The molecular weight excluding hydrogens is 352 g/mol. The Bertz CT molecular complexity index is 707. The van der Waals surface area contributed by atoms with E-state index in [2.05, 4.69) is 24.1 Å². The van der Waals surface area contributed by atoms with Crippen LogP contribution in [0.15, 0.2) is 30.3 Å². The molecule has 152 valence electrons. The first-order chi connectivity index (χ1) is 13.5. The van der Waals surface area contributed by atoms with Crippen molar-refractivity contribution < 1.29 is 9.59 Å². The van der Waals surface area contributed by atoms with Crippen LogP contribution in [-0.2, 0) is 4.79 Å². The maximum absolute atomic E-state index is 12.9. The van der Waals surface area contributed by atoms with E-state index in [1.54, 1.807) is 0 Å². The van der Waals surface area contributed by atoms with E-state index >= 15 is 0 Å². The summed E-state index contributed by atoms with van der Waals surface area (Å²) >= 11 is 0. The highest BCUT2D eigenvalue weighted by Crippen LogP contribution is 2.45. The van der Waals surface area contributed by atoms with Gasteiger partial charge in [-0.25, -0.2) is 4.79 Å². The lowest BCUT2D eigenvalue weighted by atomic mass is 9.68. The monoisotopic (exact) mass is 384 g/mol. The van der Waals surface area contributed by atoms with Crippen molar-refractivity contribution in [2.75, 3.05) is 59.9 Å². The molecule has 0 aliphatic carbocycles. The van der Waals surface area contributed by atoms with Crippen LogP contribution in [0.5, 0.6) is 0 Å². The van der Waals surface area contributed by atoms with Crippen molar-refractivity contribution in [1.29, 1.82) is 0 Å². The number of likely N-dealkylation sites (N-methyl/N-ethyl adjacent to an activating group) is 2. The van der Waals surface area contributed by atoms with Crippen LogP contribution < -0.4 is 0 Å². The van der Waals surface area contributed by atoms with Crippen LogP contribution >= 0.6 is 0 Å². The van der Waals surface area contributed by atoms with Crippen LogP contribution in [0.1, 0.15) is 30.7 Å². The van der Waals surface area contributed by atoms with E-state index in [0.717, 1.165) is 70.6 Å². The lowest BCUT2D eigenvalue weighted by Gasteiger charge is -2.49. The maximum atomic E-state index is 12.9. The average Bonchev–Trinajstić information content (AvgIpc) is 2.72. The van der Waals surface area contributed by atoms with Crippen LogP contribution in [0, 0.1) is 5.41 Å². The predicted molar refractivity (Wildman–Crippen MR) is 109 cm³/mol. The van der Waals surface area contributed by atoms with E-state index in [0.29, 0.717) is 0 Å². The second kappa shape index (κ2) is 7.74. The average molecular weight is 385 g/mol. The number of piperazine rings is 1. The van der Waals surface area contributed by atoms with Gasteiger partial charge in [0.05, 0.1) is 5.92 Å². The number of carbonyl (C=O) groups is 2. The van der Waals surface area contributed by atoms with Gasteiger partial charge in [0, 0.05) is 52.9 Å². The van der Waals surface area contributed by atoms with Crippen LogP contribution in [-0.4, -0.2) is 91.4 Å². The summed E-state index contributed by atoms with van der Waals surface area (Å²) in [5.74, 6) is 0.174. The standard InChI is InChI=1S/C22H32N4O2/c1-23-12-14-26(15-13-23)21(28)25-10-8-22(9-11-25)16-19(20(27)24(2)17-22)18-6-4-3-5-7-18/h3-7,19H,8-17H2,1-2H3. The van der Waals surface area contributed by atoms with Gasteiger partial charge < -0.3 is 19.6 Å². The minimum Gasteiger partial charge on any atom is -0.345 e. The molecule has 28 heavy (non-hydrogen) atoms. The van der Waals surface area contributed by atoms with Gasteiger partial charge in [0.25, 0.3) is 0 Å². The molecule has 0 radical (unpaired) electrons. The van der Waals surface area contributed by atoms with Crippen molar-refractivity contribution >= 4 is 11.9 Å². The van der Waals surface area contributed by atoms with Gasteiger partial charge in [-0.3, -0.25) is 4.79 Å². The molecule has 1 spiro atoms. The number of likely N-dealkylation sites (tertiary alicyclic amines) is 2. The first-order valence-electron chi connectivity index (χ1n) is 10.5. The highest BCUT2D eigenvalue weighted by atomic mass is 16.2. The molecule has 6 nitrogen and oxygen atoms in total. The third kappa shape index (κ3) is 3.75. The molecule has 4 rings (SSSR count). The summed E-state index contributed by atoms with van der Waals surface area (Å²) in [5.41, 5.74) is 1.25. The lowest BCUT2D eigenvalue weighted by Crippen LogP contribution is -2.57. The van der Waals surface area contributed by atoms with Gasteiger partial charge in [0.15, 0.2) is 0 Å². The van der Waals surface area contributed by atoms with Gasteiger partial charge in [-0.05, 0) is 37.3 Å². The molecule has 3 heterocycles. The van der Waals surface area contributed by atoms with E-state index in [1.165, 1.54) is 0 Å². The molecule has 0 aromatic heterocycles. The second-order valence-electron chi connectivity index (χ2n) is 8.92. The quantitative estimate of drug-likeness (QED) is 0.745. The Morgan fingerprint density at radius 3 is 2.18 bits per heavy atom. The van der Waals surface area contributed by atoms with Crippen LogP contribution in [0.2, 0.25) is 0 Å². The van der Waals surface area contributed by atoms with Crippen molar-refractivity contribution in [3.63, 3.8) is 0 Å². The van der Waals surface area contributed by atoms with Gasteiger partial charge in [-0.15, -0.1) is 0 Å². The fourth-order valence-electron chi connectivity index (χ4n) is 5.11. The van der Waals surface area contributed by atoms with E-state index in [1.807, 2.05) is 39.9 Å². The summed E-state index contributed by atoms with van der Waals surface area (Å²) in [6.45, 7) is 5.97. The first kappa shape index (κ1) is 19.2. The van der Waals surface area contributed by atoms with E-state index in [9.17, 15) is 9.59 Å². The number of carbonyl (C=O) groups excluding carboxylic acids is 2. The van der Waals surface area contributed by atoms with Crippen LogP contribution in [0.25, 0.3) is 0 Å². The third-order valence-electron chi connectivity index (χ3n) is 6.95. The smallest absolute Gasteiger partial charge is 0.320 e. The topological polar surface area (TPSA) is 47.1 Å². The van der Waals surface area contributed by atoms with E-state index in [4.69, 9.17) is 0 Å². The molecule has 1 atom stereocenters. The highest BCUT2D eigenvalue weighted by Gasteiger charge is 2.45. The van der Waals surface area contributed by atoms with Crippen molar-refractivity contribution in [3.8, 4) is 0 Å². The fraction of sp³-hybridized carbons (Fsp3) is 0.636. The zero-order valence-corrected chi connectivity index (χ0v) is 17.1. The summed E-state index contributed by atoms with van der Waals surface area (Å²) in [7, 11) is 4.04. The van der Waals surface area contributed by atoms with Gasteiger partial charge in [0.2, 0.25) is 5.91 Å².